The Balaban J connectivity index is 1.73. The number of methoxy groups -OCH3 is 1. The first-order chi connectivity index (χ1) is 11.6. The zero-order chi connectivity index (χ0) is 17.1. The lowest BCUT2D eigenvalue weighted by molar-refractivity contribution is -0.161. The smallest absolute Gasteiger partial charge is 0.337 e. The van der Waals surface area contributed by atoms with E-state index in [1.807, 2.05) is 36.4 Å². The Morgan fingerprint density at radius 2 is 1.58 bits per heavy atom. The fraction of sp³-hybridized carbons (Fsp3) is 0.263. The molecule has 0 heterocycles. The van der Waals surface area contributed by atoms with Crippen LogP contribution in [0.1, 0.15) is 30.4 Å². The number of carbonyl (C=O) groups is 2. The second-order valence-electron chi connectivity index (χ2n) is 5.74. The number of hydroxylamine groups is 1. The van der Waals surface area contributed by atoms with Crippen molar-refractivity contribution in [3.8, 4) is 11.1 Å². The number of benzene rings is 2. The highest BCUT2D eigenvalue weighted by atomic mass is 16.7. The summed E-state index contributed by atoms with van der Waals surface area (Å²) in [5.41, 5.74) is 6.94. The summed E-state index contributed by atoms with van der Waals surface area (Å²) in [6.07, 6.45) is -0.593. The number of carbonyl (C=O) groups excluding carboxylic acids is 2. The van der Waals surface area contributed by atoms with E-state index in [-0.39, 0.29) is 18.2 Å². The van der Waals surface area contributed by atoms with E-state index >= 15 is 0 Å². The average Bonchev–Trinajstić information content (AvgIpc) is 2.93. The molecule has 5 heteroatoms. The van der Waals surface area contributed by atoms with Crippen LogP contribution in [-0.2, 0) is 19.2 Å². The number of esters is 1. The molecule has 0 saturated heterocycles. The van der Waals surface area contributed by atoms with Crippen molar-refractivity contribution in [3.05, 3.63) is 59.7 Å². The molecule has 1 unspecified atom stereocenters. The van der Waals surface area contributed by atoms with Gasteiger partial charge in [-0.15, -0.1) is 0 Å². The Hall–Kier alpha value is -2.66. The molecule has 3 rings (SSSR count). The molecule has 2 aromatic carbocycles. The fourth-order valence-electron chi connectivity index (χ4n) is 3.07. The Bertz CT molecular complexity index is 726. The number of nitrogens with one attached hydrogen (secondary N) is 1. The van der Waals surface area contributed by atoms with Crippen molar-refractivity contribution in [2.75, 3.05) is 7.11 Å². The van der Waals surface area contributed by atoms with E-state index in [2.05, 4.69) is 22.3 Å². The van der Waals surface area contributed by atoms with Crippen LogP contribution in [0.3, 0.4) is 0 Å². The largest absolute Gasteiger partial charge is 0.467 e. The topological polar surface area (TPSA) is 64.6 Å². The number of amides is 1. The van der Waals surface area contributed by atoms with Gasteiger partial charge >= 0.3 is 5.97 Å². The number of rotatable bonds is 5. The van der Waals surface area contributed by atoms with Crippen LogP contribution < -0.4 is 5.48 Å². The number of hydrogen-bond donors (Lipinski definition) is 1. The lowest BCUT2D eigenvalue weighted by Crippen LogP contribution is -2.33. The maximum absolute atomic E-state index is 12.2. The molecule has 1 N–H and O–H groups in total. The molecule has 2 aromatic rings. The van der Waals surface area contributed by atoms with Crippen molar-refractivity contribution in [1.29, 1.82) is 0 Å². The minimum atomic E-state index is -0.845. The van der Waals surface area contributed by atoms with Gasteiger partial charge in [-0.1, -0.05) is 48.5 Å². The summed E-state index contributed by atoms with van der Waals surface area (Å²) in [4.78, 5) is 28.6. The number of ether oxygens (including phenoxy) is 1. The number of hydrogen-bond acceptors (Lipinski definition) is 4. The van der Waals surface area contributed by atoms with Crippen LogP contribution in [-0.4, -0.2) is 25.1 Å². The summed E-state index contributed by atoms with van der Waals surface area (Å²) >= 11 is 0. The van der Waals surface area contributed by atoms with Crippen LogP contribution in [0.15, 0.2) is 48.5 Å². The molecule has 1 amide bonds. The molecule has 124 valence electrons. The van der Waals surface area contributed by atoms with E-state index in [0.29, 0.717) is 0 Å². The molecule has 1 aliphatic carbocycles. The van der Waals surface area contributed by atoms with Crippen molar-refractivity contribution < 1.29 is 19.2 Å². The minimum Gasteiger partial charge on any atom is -0.467 e. The maximum atomic E-state index is 12.2. The third-order valence-electron chi connectivity index (χ3n) is 4.23. The highest BCUT2D eigenvalue weighted by Gasteiger charge is 2.30. The van der Waals surface area contributed by atoms with Gasteiger partial charge in [0.1, 0.15) is 0 Å². The Morgan fingerprint density at radius 1 is 1.04 bits per heavy atom. The Morgan fingerprint density at radius 3 is 2.12 bits per heavy atom. The van der Waals surface area contributed by atoms with Crippen LogP contribution in [0.2, 0.25) is 0 Å². The van der Waals surface area contributed by atoms with Gasteiger partial charge in [-0.25, -0.2) is 10.3 Å². The molecular weight excluding hydrogens is 306 g/mol. The molecule has 0 bridgehead atoms. The molecule has 0 radical (unpaired) electrons. The summed E-state index contributed by atoms with van der Waals surface area (Å²) in [5, 5.41) is 0. The predicted molar refractivity (Wildman–Crippen MR) is 89.0 cm³/mol. The molecule has 0 fully saturated rings. The molecule has 0 aliphatic heterocycles. The molecule has 24 heavy (non-hydrogen) atoms. The van der Waals surface area contributed by atoms with Crippen molar-refractivity contribution >= 4 is 11.9 Å². The van der Waals surface area contributed by atoms with Gasteiger partial charge in [-0.2, -0.15) is 0 Å². The van der Waals surface area contributed by atoms with Crippen molar-refractivity contribution in [1.82, 2.24) is 5.48 Å². The van der Waals surface area contributed by atoms with E-state index in [9.17, 15) is 9.59 Å². The summed E-state index contributed by atoms with van der Waals surface area (Å²) in [6, 6.07) is 16.2. The third kappa shape index (κ3) is 3.03. The highest BCUT2D eigenvalue weighted by molar-refractivity contribution is 5.84. The van der Waals surface area contributed by atoms with Crippen molar-refractivity contribution in [3.63, 3.8) is 0 Å². The van der Waals surface area contributed by atoms with E-state index in [0.717, 1.165) is 22.3 Å². The maximum Gasteiger partial charge on any atom is 0.337 e. The average molecular weight is 325 g/mol. The normalized spacial score (nSPS) is 13.8. The van der Waals surface area contributed by atoms with E-state index < -0.39 is 12.1 Å². The molecule has 5 nitrogen and oxygen atoms in total. The van der Waals surface area contributed by atoms with E-state index in [4.69, 9.17) is 4.84 Å². The quantitative estimate of drug-likeness (QED) is 0.678. The standard InChI is InChI=1S/C19H19NO4/c1-12(19(22)23-2)24-20-18(21)11-17-15-9-5-3-7-13(15)14-8-4-6-10-16(14)17/h3-10,12,17H,11H2,1-2H3,(H,20,21). The van der Waals surface area contributed by atoms with Gasteiger partial charge in [-0.05, 0) is 29.2 Å². The molecule has 0 spiro atoms. The second kappa shape index (κ2) is 6.84. The van der Waals surface area contributed by atoms with E-state index in [1.54, 1.807) is 0 Å². The van der Waals surface area contributed by atoms with Crippen molar-refractivity contribution in [2.45, 2.75) is 25.4 Å². The van der Waals surface area contributed by atoms with Gasteiger partial charge in [0.05, 0.1) is 7.11 Å². The zero-order valence-corrected chi connectivity index (χ0v) is 13.6. The van der Waals surface area contributed by atoms with Gasteiger partial charge in [0.15, 0.2) is 6.10 Å². The van der Waals surface area contributed by atoms with Gasteiger partial charge in [0, 0.05) is 12.3 Å². The first kappa shape index (κ1) is 16.2. The molecule has 0 saturated carbocycles. The Labute approximate surface area is 140 Å². The van der Waals surface area contributed by atoms with Crippen LogP contribution >= 0.6 is 0 Å². The first-order valence-corrected chi connectivity index (χ1v) is 7.82. The fourth-order valence-corrected chi connectivity index (χ4v) is 3.07. The van der Waals surface area contributed by atoms with Gasteiger partial charge in [0.25, 0.3) is 0 Å². The molecule has 1 aliphatic rings. The van der Waals surface area contributed by atoms with Crippen molar-refractivity contribution in [2.24, 2.45) is 0 Å². The van der Waals surface area contributed by atoms with Crippen LogP contribution in [0, 0.1) is 0 Å². The second-order valence-corrected chi connectivity index (χ2v) is 5.74. The van der Waals surface area contributed by atoms with Gasteiger partial charge in [0.2, 0.25) is 5.91 Å². The third-order valence-corrected chi connectivity index (χ3v) is 4.23. The monoisotopic (exact) mass is 325 g/mol. The first-order valence-electron chi connectivity index (χ1n) is 7.82. The summed E-state index contributed by atoms with van der Waals surface area (Å²) < 4.78 is 4.56. The SMILES string of the molecule is COC(=O)C(C)ONC(=O)CC1c2ccccc2-c2ccccc21. The Kier molecular flexibility index (Phi) is 4.62. The van der Waals surface area contributed by atoms with Crippen LogP contribution in [0.5, 0.6) is 0 Å². The predicted octanol–water partition coefficient (Wildman–Crippen LogP) is 2.80. The zero-order valence-electron chi connectivity index (χ0n) is 13.6. The lowest BCUT2D eigenvalue weighted by atomic mass is 9.93. The number of fused-ring (bicyclic) bond motifs is 3. The lowest BCUT2D eigenvalue weighted by Gasteiger charge is -2.15. The molecule has 0 aromatic heterocycles. The summed E-state index contributed by atoms with van der Waals surface area (Å²) in [7, 11) is 1.27. The van der Waals surface area contributed by atoms with Crippen LogP contribution in [0.25, 0.3) is 11.1 Å². The molecular formula is C19H19NO4. The van der Waals surface area contributed by atoms with E-state index in [1.165, 1.54) is 14.0 Å². The minimum absolute atomic E-state index is 0.0190. The van der Waals surface area contributed by atoms with Gasteiger partial charge < -0.3 is 4.74 Å². The summed E-state index contributed by atoms with van der Waals surface area (Å²) in [5.74, 6) is -0.830. The molecule has 1 atom stereocenters. The highest BCUT2D eigenvalue weighted by Crippen LogP contribution is 2.45. The van der Waals surface area contributed by atoms with Crippen LogP contribution in [0.4, 0.5) is 0 Å². The van der Waals surface area contributed by atoms with Gasteiger partial charge in [-0.3, -0.25) is 9.63 Å². The summed E-state index contributed by atoms with van der Waals surface area (Å²) in [6.45, 7) is 1.52.